The minimum absolute atomic E-state index is 0.160. The first-order valence-electron chi connectivity index (χ1n) is 9.52. The van der Waals surface area contributed by atoms with E-state index in [0.717, 1.165) is 11.8 Å². The summed E-state index contributed by atoms with van der Waals surface area (Å²) in [5.74, 6) is 0.389. The van der Waals surface area contributed by atoms with E-state index in [9.17, 15) is 13.2 Å². The molecule has 1 aromatic heterocycles. The van der Waals surface area contributed by atoms with Gasteiger partial charge in [-0.2, -0.15) is 5.10 Å². The molecule has 0 saturated heterocycles. The van der Waals surface area contributed by atoms with Gasteiger partial charge in [-0.3, -0.25) is 9.52 Å². The van der Waals surface area contributed by atoms with Crippen molar-refractivity contribution in [2.24, 2.45) is 5.10 Å². The Labute approximate surface area is 180 Å². The van der Waals surface area contributed by atoms with Gasteiger partial charge in [-0.15, -0.1) is 0 Å². The number of furan rings is 1. The third-order valence-electron chi connectivity index (χ3n) is 4.88. The summed E-state index contributed by atoms with van der Waals surface area (Å²) in [6, 6.07) is 17.1. The molecule has 0 bridgehead atoms. The van der Waals surface area contributed by atoms with Gasteiger partial charge >= 0.3 is 5.91 Å². The summed E-state index contributed by atoms with van der Waals surface area (Å²) in [5, 5.41) is 5.95. The second kappa shape index (κ2) is 8.27. The number of nitrogens with zero attached hydrogens (tertiary/aromatic N) is 2. The number of carbonyl (C=O) groups is 1. The first kappa shape index (κ1) is 20.7. The van der Waals surface area contributed by atoms with Crippen LogP contribution < -0.4 is 9.46 Å². The Hall–Kier alpha value is -3.59. The fraction of sp³-hybridized carbons (Fsp3) is 0.182. The van der Waals surface area contributed by atoms with Crippen molar-refractivity contribution in [1.29, 1.82) is 0 Å². The quantitative estimate of drug-likeness (QED) is 0.632. The number of anilines is 1. The molecule has 1 amide bonds. The zero-order chi connectivity index (χ0) is 22.0. The maximum Gasteiger partial charge on any atom is 0.310 e. The molecule has 0 fully saturated rings. The topological polar surface area (TPSA) is 101 Å². The Morgan fingerprint density at radius 2 is 1.87 bits per heavy atom. The third-order valence-corrected chi connectivity index (χ3v) is 5.47. The SMILES string of the molecule is COc1ccccc1C1CC(c2ccccc2NS(C)(=O)=O)=NN1C(=O)c1ccco1. The van der Waals surface area contributed by atoms with E-state index < -0.39 is 22.0 Å². The van der Waals surface area contributed by atoms with Crippen LogP contribution in [0, 0.1) is 0 Å². The number of sulfonamides is 1. The van der Waals surface area contributed by atoms with Crippen LogP contribution in [-0.4, -0.2) is 38.4 Å². The summed E-state index contributed by atoms with van der Waals surface area (Å²) in [6.45, 7) is 0. The fourth-order valence-electron chi connectivity index (χ4n) is 3.58. The number of hydrogen-bond acceptors (Lipinski definition) is 6. The monoisotopic (exact) mass is 439 g/mol. The number of amides is 1. The lowest BCUT2D eigenvalue weighted by molar-refractivity contribution is 0.0677. The van der Waals surface area contributed by atoms with Gasteiger partial charge in [0.2, 0.25) is 10.0 Å². The largest absolute Gasteiger partial charge is 0.496 e. The number of hydrazone groups is 1. The van der Waals surface area contributed by atoms with Gasteiger partial charge in [0.05, 0.1) is 37.1 Å². The van der Waals surface area contributed by atoms with Crippen LogP contribution in [0.15, 0.2) is 76.4 Å². The number of carbonyl (C=O) groups excluding carboxylic acids is 1. The van der Waals surface area contributed by atoms with Crippen molar-refractivity contribution in [2.45, 2.75) is 12.5 Å². The van der Waals surface area contributed by atoms with Crippen LogP contribution >= 0.6 is 0 Å². The van der Waals surface area contributed by atoms with Crippen LogP contribution in [0.25, 0.3) is 0 Å². The van der Waals surface area contributed by atoms with E-state index in [1.807, 2.05) is 24.3 Å². The standard InChI is InChI=1S/C22H21N3O5S/c1-29-20-11-6-4-9-16(20)19-14-18(23-25(19)22(26)21-12-7-13-30-21)15-8-3-5-10-17(15)24-31(2,27)28/h3-13,19,24H,14H2,1-2H3. The molecule has 3 aromatic rings. The Kier molecular flexibility index (Phi) is 5.51. The third kappa shape index (κ3) is 4.31. The molecule has 0 aliphatic carbocycles. The average molecular weight is 439 g/mol. The summed E-state index contributed by atoms with van der Waals surface area (Å²) >= 11 is 0. The normalized spacial score (nSPS) is 16.1. The molecule has 0 spiro atoms. The molecule has 31 heavy (non-hydrogen) atoms. The highest BCUT2D eigenvalue weighted by atomic mass is 32.2. The Bertz CT molecular complexity index is 1240. The molecule has 160 valence electrons. The van der Waals surface area contributed by atoms with E-state index in [1.165, 1.54) is 11.3 Å². The number of ether oxygens (including phenoxy) is 1. The molecule has 1 aliphatic rings. The van der Waals surface area contributed by atoms with Crippen molar-refractivity contribution in [1.82, 2.24) is 5.01 Å². The summed E-state index contributed by atoms with van der Waals surface area (Å²) in [5.41, 5.74) is 2.36. The molecule has 1 aliphatic heterocycles. The Morgan fingerprint density at radius 3 is 2.58 bits per heavy atom. The zero-order valence-electron chi connectivity index (χ0n) is 17.0. The van der Waals surface area contributed by atoms with E-state index >= 15 is 0 Å². The number of methoxy groups -OCH3 is 1. The van der Waals surface area contributed by atoms with Gasteiger partial charge in [-0.1, -0.05) is 36.4 Å². The van der Waals surface area contributed by atoms with Crippen LogP contribution in [0.3, 0.4) is 0 Å². The minimum atomic E-state index is -3.49. The zero-order valence-corrected chi connectivity index (χ0v) is 17.8. The van der Waals surface area contributed by atoms with Crippen LogP contribution in [0.4, 0.5) is 5.69 Å². The fourth-order valence-corrected chi connectivity index (χ4v) is 4.16. The smallest absolute Gasteiger partial charge is 0.310 e. The van der Waals surface area contributed by atoms with Gasteiger partial charge in [-0.25, -0.2) is 13.4 Å². The molecule has 0 radical (unpaired) electrons. The maximum absolute atomic E-state index is 13.2. The predicted octanol–water partition coefficient (Wildman–Crippen LogP) is 3.65. The summed E-state index contributed by atoms with van der Waals surface area (Å²) in [4.78, 5) is 13.2. The lowest BCUT2D eigenvalue weighted by Gasteiger charge is -2.22. The lowest BCUT2D eigenvalue weighted by Crippen LogP contribution is -2.27. The van der Waals surface area contributed by atoms with E-state index in [2.05, 4.69) is 9.82 Å². The molecular weight excluding hydrogens is 418 g/mol. The van der Waals surface area contributed by atoms with E-state index in [4.69, 9.17) is 9.15 Å². The summed E-state index contributed by atoms with van der Waals surface area (Å²) in [7, 11) is -1.92. The van der Waals surface area contributed by atoms with Crippen LogP contribution in [-0.2, 0) is 10.0 Å². The molecule has 0 saturated carbocycles. The summed E-state index contributed by atoms with van der Waals surface area (Å²) in [6.07, 6.45) is 2.89. The van der Waals surface area contributed by atoms with Crippen molar-refractivity contribution in [3.8, 4) is 5.75 Å². The number of para-hydroxylation sites is 2. The second-order valence-electron chi connectivity index (χ2n) is 7.06. The maximum atomic E-state index is 13.2. The number of benzene rings is 2. The molecule has 9 heteroatoms. The number of rotatable bonds is 6. The van der Waals surface area contributed by atoms with Crippen molar-refractivity contribution in [3.63, 3.8) is 0 Å². The molecule has 8 nitrogen and oxygen atoms in total. The van der Waals surface area contributed by atoms with Crippen LogP contribution in [0.5, 0.6) is 5.75 Å². The van der Waals surface area contributed by atoms with Gasteiger partial charge < -0.3 is 9.15 Å². The summed E-state index contributed by atoms with van der Waals surface area (Å²) < 4.78 is 37.0. The van der Waals surface area contributed by atoms with E-state index in [1.54, 1.807) is 43.5 Å². The van der Waals surface area contributed by atoms with Crippen molar-refractivity contribution in [2.75, 3.05) is 18.1 Å². The molecule has 2 heterocycles. The van der Waals surface area contributed by atoms with Gasteiger partial charge in [-0.05, 0) is 24.3 Å². The molecule has 4 rings (SSSR count). The van der Waals surface area contributed by atoms with Crippen molar-refractivity contribution in [3.05, 3.63) is 83.8 Å². The highest BCUT2D eigenvalue weighted by molar-refractivity contribution is 7.92. The van der Waals surface area contributed by atoms with Gasteiger partial charge in [0, 0.05) is 17.5 Å². The van der Waals surface area contributed by atoms with Crippen molar-refractivity contribution >= 4 is 27.3 Å². The highest BCUT2D eigenvalue weighted by Gasteiger charge is 2.36. The highest BCUT2D eigenvalue weighted by Crippen LogP contribution is 2.39. The molecule has 1 atom stereocenters. The molecule has 2 aromatic carbocycles. The molecular formula is C22H21N3O5S. The van der Waals surface area contributed by atoms with Gasteiger partial charge in [0.1, 0.15) is 5.75 Å². The number of hydrogen-bond donors (Lipinski definition) is 1. The van der Waals surface area contributed by atoms with Crippen LogP contribution in [0.2, 0.25) is 0 Å². The first-order chi connectivity index (χ1) is 14.9. The Morgan fingerprint density at radius 1 is 1.13 bits per heavy atom. The predicted molar refractivity (Wildman–Crippen MR) is 117 cm³/mol. The van der Waals surface area contributed by atoms with Crippen molar-refractivity contribution < 1.29 is 22.4 Å². The van der Waals surface area contributed by atoms with E-state index in [-0.39, 0.29) is 5.76 Å². The van der Waals surface area contributed by atoms with Crippen LogP contribution in [0.1, 0.15) is 34.1 Å². The molecule has 1 N–H and O–H groups in total. The minimum Gasteiger partial charge on any atom is -0.496 e. The Balaban J connectivity index is 1.79. The molecule has 1 unspecified atom stereocenters. The number of nitrogens with one attached hydrogen (secondary N) is 1. The first-order valence-corrected chi connectivity index (χ1v) is 11.4. The lowest BCUT2D eigenvalue weighted by atomic mass is 9.97. The van der Waals surface area contributed by atoms with E-state index in [0.29, 0.717) is 29.1 Å². The van der Waals surface area contributed by atoms with Gasteiger partial charge in [0.25, 0.3) is 0 Å². The average Bonchev–Trinajstić information content (AvgIpc) is 3.43. The van der Waals surface area contributed by atoms with Gasteiger partial charge in [0.15, 0.2) is 5.76 Å². The second-order valence-corrected chi connectivity index (χ2v) is 8.80.